The van der Waals surface area contributed by atoms with Crippen molar-refractivity contribution in [2.75, 3.05) is 24.8 Å². The lowest BCUT2D eigenvalue weighted by atomic mass is 10.1. The Hall–Kier alpha value is -2.54. The van der Waals surface area contributed by atoms with E-state index in [0.29, 0.717) is 17.0 Å². The molecule has 1 amide bonds. The van der Waals surface area contributed by atoms with Gasteiger partial charge in [0, 0.05) is 6.20 Å². The quantitative estimate of drug-likeness (QED) is 0.629. The number of carbonyl (C=O) groups is 2. The van der Waals surface area contributed by atoms with Crippen LogP contribution in [0.3, 0.4) is 0 Å². The number of thioether (sulfide) groups is 1. The number of carbonyl (C=O) groups excluding carboxylic acids is 2. The molecule has 0 spiro atoms. The summed E-state index contributed by atoms with van der Waals surface area (Å²) in [6.45, 7) is 0.0901. The fraction of sp³-hybridized carbons (Fsp3) is 0.235. The highest BCUT2D eigenvalue weighted by Gasteiger charge is 2.34. The Morgan fingerprint density at radius 3 is 2.75 bits per heavy atom. The molecule has 0 fully saturated rings. The molecule has 0 saturated heterocycles. The number of hydrogen-bond acceptors (Lipinski definition) is 6. The zero-order chi connectivity index (χ0) is 17.1. The molecule has 6 nitrogen and oxygen atoms in total. The van der Waals surface area contributed by atoms with Gasteiger partial charge in [0.05, 0.1) is 29.9 Å². The molecule has 1 aromatic carbocycles. The minimum Gasteiger partial charge on any atom is -0.475 e. The van der Waals surface area contributed by atoms with E-state index in [2.05, 4.69) is 4.98 Å². The average molecular weight is 344 g/mol. The van der Waals surface area contributed by atoms with Crippen LogP contribution in [-0.2, 0) is 9.53 Å². The summed E-state index contributed by atoms with van der Waals surface area (Å²) in [5.74, 6) is -0.279. The van der Waals surface area contributed by atoms with Crippen molar-refractivity contribution in [1.82, 2.24) is 4.98 Å². The van der Waals surface area contributed by atoms with Crippen molar-refractivity contribution in [2.24, 2.45) is 0 Å². The van der Waals surface area contributed by atoms with Crippen LogP contribution in [0.5, 0.6) is 5.75 Å². The van der Waals surface area contributed by atoms with Crippen molar-refractivity contribution >= 4 is 29.3 Å². The minimum absolute atomic E-state index is 0.0901. The predicted molar refractivity (Wildman–Crippen MR) is 90.6 cm³/mol. The van der Waals surface area contributed by atoms with Crippen LogP contribution in [-0.4, -0.2) is 42.9 Å². The van der Waals surface area contributed by atoms with E-state index in [-0.39, 0.29) is 12.5 Å². The molecule has 3 rings (SSSR count). The number of amides is 1. The third-order valence-corrected chi connectivity index (χ3v) is 4.34. The zero-order valence-corrected chi connectivity index (χ0v) is 14.1. The molecule has 124 valence electrons. The summed E-state index contributed by atoms with van der Waals surface area (Å²) in [5.41, 5.74) is 1.07. The second-order valence-electron chi connectivity index (χ2n) is 5.10. The number of fused-ring (bicyclic) bond motifs is 1. The smallest absolute Gasteiger partial charge is 0.348 e. The number of para-hydroxylation sites is 2. The van der Waals surface area contributed by atoms with E-state index in [4.69, 9.17) is 9.47 Å². The number of ether oxygens (including phenoxy) is 2. The van der Waals surface area contributed by atoms with Crippen molar-refractivity contribution in [3.8, 4) is 5.75 Å². The molecular formula is C17H16N2O4S. The van der Waals surface area contributed by atoms with Crippen LogP contribution in [0.25, 0.3) is 0 Å². The number of pyridine rings is 1. The number of nitrogens with zero attached hydrogens (tertiary/aromatic N) is 2. The molecule has 1 aliphatic rings. The summed E-state index contributed by atoms with van der Waals surface area (Å²) >= 11 is 1.50. The molecule has 1 aliphatic heterocycles. The van der Waals surface area contributed by atoms with Crippen molar-refractivity contribution in [3.05, 3.63) is 48.2 Å². The summed E-state index contributed by atoms with van der Waals surface area (Å²) in [6, 6.07) is 10.6. The fourth-order valence-electron chi connectivity index (χ4n) is 2.46. The SMILES string of the molecule is COC(=O)C1CN(C(=O)c2ccc(SC)nc2)c2ccccc2O1. The molecule has 0 N–H and O–H groups in total. The Balaban J connectivity index is 1.94. The number of rotatable bonds is 3. The van der Waals surface area contributed by atoms with E-state index in [1.807, 2.05) is 12.3 Å². The van der Waals surface area contributed by atoms with Gasteiger partial charge in [-0.2, -0.15) is 0 Å². The molecule has 2 aromatic rings. The van der Waals surface area contributed by atoms with Gasteiger partial charge < -0.3 is 14.4 Å². The Labute approximate surface area is 143 Å². The number of methoxy groups -OCH3 is 1. The van der Waals surface area contributed by atoms with Crippen molar-refractivity contribution in [2.45, 2.75) is 11.1 Å². The van der Waals surface area contributed by atoms with Gasteiger partial charge in [-0.1, -0.05) is 12.1 Å². The summed E-state index contributed by atoms with van der Waals surface area (Å²) in [7, 11) is 1.30. The monoisotopic (exact) mass is 344 g/mol. The van der Waals surface area contributed by atoms with Crippen LogP contribution in [0.15, 0.2) is 47.6 Å². The molecule has 0 saturated carbocycles. The lowest BCUT2D eigenvalue weighted by Gasteiger charge is -2.33. The van der Waals surface area contributed by atoms with E-state index in [9.17, 15) is 9.59 Å². The first-order valence-corrected chi connectivity index (χ1v) is 8.52. The van der Waals surface area contributed by atoms with E-state index in [1.54, 1.807) is 36.5 Å². The van der Waals surface area contributed by atoms with Crippen LogP contribution < -0.4 is 9.64 Å². The van der Waals surface area contributed by atoms with E-state index in [0.717, 1.165) is 5.03 Å². The van der Waals surface area contributed by atoms with Crippen LogP contribution in [0, 0.1) is 0 Å². The van der Waals surface area contributed by atoms with Gasteiger partial charge in [-0.3, -0.25) is 4.79 Å². The zero-order valence-electron chi connectivity index (χ0n) is 13.3. The van der Waals surface area contributed by atoms with Crippen molar-refractivity contribution in [1.29, 1.82) is 0 Å². The van der Waals surface area contributed by atoms with Crippen LogP contribution in [0.2, 0.25) is 0 Å². The van der Waals surface area contributed by atoms with E-state index >= 15 is 0 Å². The van der Waals surface area contributed by atoms with Gasteiger partial charge in [-0.05, 0) is 30.5 Å². The first kappa shape index (κ1) is 16.3. The second kappa shape index (κ2) is 6.92. The first-order valence-electron chi connectivity index (χ1n) is 7.29. The Morgan fingerprint density at radius 2 is 2.08 bits per heavy atom. The molecular weight excluding hydrogens is 328 g/mol. The molecule has 24 heavy (non-hydrogen) atoms. The fourth-order valence-corrected chi connectivity index (χ4v) is 2.83. The molecule has 0 aliphatic carbocycles. The second-order valence-corrected chi connectivity index (χ2v) is 5.93. The van der Waals surface area contributed by atoms with Gasteiger partial charge in [-0.25, -0.2) is 9.78 Å². The van der Waals surface area contributed by atoms with E-state index < -0.39 is 12.1 Å². The standard InChI is InChI=1S/C17H16N2O4S/c1-22-17(21)14-10-19(12-5-3-4-6-13(12)23-14)16(20)11-7-8-15(24-2)18-9-11/h3-9,14H,10H2,1-2H3. The van der Waals surface area contributed by atoms with E-state index in [1.165, 1.54) is 23.8 Å². The normalized spacial score (nSPS) is 16.1. The lowest BCUT2D eigenvalue weighted by molar-refractivity contribution is -0.148. The van der Waals surface area contributed by atoms with Gasteiger partial charge in [0.2, 0.25) is 6.10 Å². The molecule has 0 radical (unpaired) electrons. The Bertz CT molecular complexity index is 763. The largest absolute Gasteiger partial charge is 0.475 e. The number of hydrogen-bond donors (Lipinski definition) is 0. The van der Waals surface area contributed by atoms with Gasteiger partial charge in [0.1, 0.15) is 5.75 Å². The average Bonchev–Trinajstić information content (AvgIpc) is 2.66. The van der Waals surface area contributed by atoms with Crippen molar-refractivity contribution in [3.63, 3.8) is 0 Å². The third-order valence-electron chi connectivity index (χ3n) is 3.68. The minimum atomic E-state index is -0.854. The summed E-state index contributed by atoms with van der Waals surface area (Å²) in [5, 5.41) is 0.835. The highest BCUT2D eigenvalue weighted by molar-refractivity contribution is 7.98. The number of benzene rings is 1. The molecule has 2 heterocycles. The maximum absolute atomic E-state index is 12.9. The third kappa shape index (κ3) is 3.07. The highest BCUT2D eigenvalue weighted by Crippen LogP contribution is 2.34. The van der Waals surface area contributed by atoms with Crippen molar-refractivity contribution < 1.29 is 19.1 Å². The predicted octanol–water partition coefficient (Wildman–Crippen LogP) is 2.38. The van der Waals surface area contributed by atoms with Crippen LogP contribution in [0.4, 0.5) is 5.69 Å². The maximum atomic E-state index is 12.9. The molecule has 1 aromatic heterocycles. The molecule has 7 heteroatoms. The number of esters is 1. The summed E-state index contributed by atoms with van der Waals surface area (Å²) in [6.07, 6.45) is 2.61. The number of aromatic nitrogens is 1. The Morgan fingerprint density at radius 1 is 1.29 bits per heavy atom. The number of anilines is 1. The van der Waals surface area contributed by atoms with Gasteiger partial charge in [0.25, 0.3) is 5.91 Å². The summed E-state index contributed by atoms with van der Waals surface area (Å²) < 4.78 is 10.4. The van der Waals surface area contributed by atoms with Crippen LogP contribution in [0.1, 0.15) is 10.4 Å². The Kier molecular flexibility index (Phi) is 4.71. The van der Waals surface area contributed by atoms with Gasteiger partial charge >= 0.3 is 5.97 Å². The lowest BCUT2D eigenvalue weighted by Crippen LogP contribution is -2.47. The maximum Gasteiger partial charge on any atom is 0.348 e. The van der Waals surface area contributed by atoms with Gasteiger partial charge in [-0.15, -0.1) is 11.8 Å². The topological polar surface area (TPSA) is 68.7 Å². The molecule has 1 unspecified atom stereocenters. The molecule has 1 atom stereocenters. The first-order chi connectivity index (χ1) is 11.6. The van der Waals surface area contributed by atoms with Crippen LogP contribution >= 0.6 is 11.8 Å². The highest BCUT2D eigenvalue weighted by atomic mass is 32.2. The summed E-state index contributed by atoms with van der Waals surface area (Å²) in [4.78, 5) is 30.5. The van der Waals surface area contributed by atoms with Gasteiger partial charge in [0.15, 0.2) is 0 Å². The molecule has 0 bridgehead atoms.